The van der Waals surface area contributed by atoms with Crippen molar-refractivity contribution in [3.63, 3.8) is 0 Å². The maximum Gasteiger partial charge on any atom is 4.00 e. The molecule has 0 heterocycles. The Morgan fingerprint density at radius 1 is 0.909 bits per heavy atom. The maximum atomic E-state index is 11.3. The molecule has 0 aromatic heterocycles. The molecule has 0 fully saturated rings. The third-order valence-corrected chi connectivity index (χ3v) is 3.53. The molecule has 0 bridgehead atoms. The molecule has 8 heteroatoms. The molecule has 1 aliphatic rings. The second-order valence-electron chi connectivity index (χ2n) is 3.84. The molecule has 0 aromatic carbocycles. The summed E-state index contributed by atoms with van der Waals surface area (Å²) in [6, 6.07) is 0. The van der Waals surface area contributed by atoms with Crippen molar-refractivity contribution in [2.45, 2.75) is 22.9 Å². The van der Waals surface area contributed by atoms with E-state index < -0.39 is 19.4 Å². The first kappa shape index (κ1) is 34.0. The number of hydrogen-bond donors (Lipinski definition) is 0. The van der Waals surface area contributed by atoms with Gasteiger partial charge in [-0.3, -0.25) is 6.08 Å². The van der Waals surface area contributed by atoms with E-state index in [1.54, 1.807) is 42.3 Å². The van der Waals surface area contributed by atoms with Gasteiger partial charge in [0.15, 0.2) is 0 Å². The molecule has 0 spiro atoms. The first-order valence-electron chi connectivity index (χ1n) is 6.22. The van der Waals surface area contributed by atoms with Gasteiger partial charge < -0.3 is 16.0 Å². The van der Waals surface area contributed by atoms with Gasteiger partial charge in [-0.25, -0.2) is 12.2 Å². The second-order valence-corrected chi connectivity index (χ2v) is 9.23. The monoisotopic (exact) mass is 460 g/mol. The molecule has 0 amide bonds. The summed E-state index contributed by atoms with van der Waals surface area (Å²) in [7, 11) is 10.5. The number of halogens is 3. The van der Waals surface area contributed by atoms with Crippen LogP contribution >= 0.6 is 0 Å². The number of hydrogen-bond acceptors (Lipinski definition) is 0. The van der Waals surface area contributed by atoms with E-state index in [4.69, 9.17) is 0 Å². The van der Waals surface area contributed by atoms with Gasteiger partial charge in [-0.1, -0.05) is 0 Å². The quantitative estimate of drug-likeness (QED) is 0.361. The molecule has 0 unspecified atom stereocenters. The smallest absolute Gasteiger partial charge is 4.00 e. The molecular weight excluding hydrogens is 431 g/mol. The van der Waals surface area contributed by atoms with Gasteiger partial charge in [0.25, 0.3) is 0 Å². The zero-order valence-electron chi connectivity index (χ0n) is 14.9. The van der Waals surface area contributed by atoms with E-state index in [9.17, 15) is 13.2 Å². The molecule has 0 aliphatic heterocycles. The van der Waals surface area contributed by atoms with Crippen LogP contribution in [0.5, 0.6) is 0 Å². The largest absolute Gasteiger partial charge is 4.00 e. The van der Waals surface area contributed by atoms with Gasteiger partial charge in [0.1, 0.15) is 0 Å². The first-order valence-corrected chi connectivity index (χ1v) is 11.5. The Morgan fingerprint density at radius 3 is 1.23 bits per heavy atom. The number of alkyl halides is 3. The van der Waals surface area contributed by atoms with Crippen molar-refractivity contribution in [2.75, 3.05) is 42.3 Å². The normalized spacial score (nSPS) is 10.5. The summed E-state index contributed by atoms with van der Waals surface area (Å²) in [5.74, 6) is 2.58. The Balaban J connectivity index is -0.0000000572. The van der Waals surface area contributed by atoms with Crippen molar-refractivity contribution in [1.82, 2.24) is 0 Å². The third kappa shape index (κ3) is 58.8. The fourth-order valence-corrected chi connectivity index (χ4v) is 0.340. The number of nitrogens with zero attached hydrogens (tertiary/aromatic N) is 3. The molecule has 0 N–H and O–H groups in total. The minimum absolute atomic E-state index is 0. The van der Waals surface area contributed by atoms with Gasteiger partial charge in [-0.2, -0.15) is 48.4 Å². The summed E-state index contributed by atoms with van der Waals surface area (Å²) in [5.41, 5.74) is 0. The van der Waals surface area contributed by atoms with Crippen molar-refractivity contribution in [3.05, 3.63) is 40.3 Å². The molecule has 1 rings (SSSR count). The standard InChI is InChI=1S/C5H5.C3H6F3Ge.3C2H6N.Zr/c1-2-4-5-3-1;1-7(2)3(4,5)6;3*1-3-2;/h1-3H,4H2;1-2H3;3*1-2H3;/q-1;;3*-1;+4. The van der Waals surface area contributed by atoms with Gasteiger partial charge in [0, 0.05) is 0 Å². The van der Waals surface area contributed by atoms with Gasteiger partial charge >= 0.3 is 70.2 Å². The Labute approximate surface area is 158 Å². The first-order chi connectivity index (χ1) is 9.69. The van der Waals surface area contributed by atoms with Crippen LogP contribution in [-0.2, 0) is 26.2 Å². The predicted octanol–water partition coefficient (Wildman–Crippen LogP) is 5.00. The average molecular weight is 460 g/mol. The van der Waals surface area contributed by atoms with Gasteiger partial charge in [-0.05, 0) is 0 Å². The van der Waals surface area contributed by atoms with Gasteiger partial charge in [0.05, 0.1) is 0 Å². The van der Waals surface area contributed by atoms with E-state index in [1.165, 1.54) is 11.5 Å². The van der Waals surface area contributed by atoms with E-state index in [2.05, 4.69) is 28.1 Å². The fourth-order valence-electron chi connectivity index (χ4n) is 0.340. The van der Waals surface area contributed by atoms with Crippen molar-refractivity contribution < 1.29 is 39.4 Å². The summed E-state index contributed by atoms with van der Waals surface area (Å²) >= 11 is -2.59. The number of allylic oxidation sites excluding steroid dienone is 4. The van der Waals surface area contributed by atoms with Gasteiger partial charge in [-0.15, -0.1) is 6.42 Å². The Kier molecular flexibility index (Phi) is 45.7. The molecule has 1 aliphatic carbocycles. The van der Waals surface area contributed by atoms with E-state index in [0.717, 1.165) is 6.42 Å². The SMILES string of the molecule is C[N-]C.C[N-]C.C[N-]C.[C-]1=CC=CC1.[CH3][Ge]([CH3])[C](F)(F)F.[Zr+4]. The van der Waals surface area contributed by atoms with E-state index in [-0.39, 0.29) is 26.2 Å². The predicted molar refractivity (Wildman–Crippen MR) is 90.7 cm³/mol. The topological polar surface area (TPSA) is 42.3 Å². The van der Waals surface area contributed by atoms with Crippen molar-refractivity contribution in [3.8, 4) is 0 Å². The summed E-state index contributed by atoms with van der Waals surface area (Å²) in [4.78, 5) is 0. The van der Waals surface area contributed by atoms with E-state index >= 15 is 0 Å². The van der Waals surface area contributed by atoms with Crippen LogP contribution in [0.1, 0.15) is 6.42 Å². The molecular formula is C14H29F3GeN3Zr. The van der Waals surface area contributed by atoms with Crippen LogP contribution in [-0.4, -0.2) is 61.6 Å². The zero-order chi connectivity index (χ0) is 17.7. The van der Waals surface area contributed by atoms with Crippen LogP contribution in [0.15, 0.2) is 18.2 Å². The minimum atomic E-state index is -3.83. The van der Waals surface area contributed by atoms with Crippen molar-refractivity contribution >= 4 is 14.3 Å². The Hall–Kier alpha value is 0.576. The van der Waals surface area contributed by atoms with Crippen LogP contribution in [0.3, 0.4) is 0 Å². The van der Waals surface area contributed by atoms with Crippen LogP contribution in [0, 0.1) is 6.08 Å². The molecule has 129 valence electrons. The maximum absolute atomic E-state index is 11.3. The second kappa shape index (κ2) is 29.6. The Bertz CT molecular complexity index is 209. The zero-order valence-corrected chi connectivity index (χ0v) is 19.5. The fraction of sp³-hybridized carbons (Fsp3) is 0.714. The molecule has 3 nitrogen and oxygen atoms in total. The molecule has 0 saturated carbocycles. The van der Waals surface area contributed by atoms with Crippen LogP contribution in [0.25, 0.3) is 16.0 Å². The van der Waals surface area contributed by atoms with E-state index in [1.807, 2.05) is 12.2 Å². The van der Waals surface area contributed by atoms with Crippen LogP contribution < -0.4 is 0 Å². The molecule has 0 aromatic rings. The molecule has 22 heavy (non-hydrogen) atoms. The minimum Gasteiger partial charge on any atom is 4.00 e. The third-order valence-electron chi connectivity index (χ3n) is 1.15. The van der Waals surface area contributed by atoms with Crippen molar-refractivity contribution in [2.24, 2.45) is 0 Å². The molecule has 0 saturated heterocycles. The summed E-state index contributed by atoms with van der Waals surface area (Å²) < 4.78 is 33.8. The summed E-state index contributed by atoms with van der Waals surface area (Å²) in [6.45, 7) is 0. The molecule has 0 atom stereocenters. The van der Waals surface area contributed by atoms with Crippen LogP contribution in [0.4, 0.5) is 13.2 Å². The summed E-state index contributed by atoms with van der Waals surface area (Å²) in [5, 5.41) is 6.67. The van der Waals surface area contributed by atoms with Gasteiger partial charge in [0.2, 0.25) is 0 Å². The average Bonchev–Trinajstić information content (AvgIpc) is 2.89. The number of rotatable bonds is 0. The van der Waals surface area contributed by atoms with Crippen molar-refractivity contribution in [1.29, 1.82) is 0 Å². The van der Waals surface area contributed by atoms with E-state index in [0.29, 0.717) is 0 Å². The van der Waals surface area contributed by atoms with Crippen LogP contribution in [0.2, 0.25) is 11.5 Å². The summed E-state index contributed by atoms with van der Waals surface area (Å²) in [6.07, 6.45) is 10.0. The Morgan fingerprint density at radius 2 is 1.18 bits per heavy atom. The molecule has 1 radical (unpaired) electrons.